The molecule has 1 aromatic carbocycles. The molecule has 1 fully saturated rings. The van der Waals surface area contributed by atoms with Gasteiger partial charge in [0.1, 0.15) is 5.75 Å². The largest absolute Gasteiger partial charge is 0.497 e. The fourth-order valence-electron chi connectivity index (χ4n) is 2.57. The minimum absolute atomic E-state index is 0.111. The van der Waals surface area contributed by atoms with E-state index in [0.29, 0.717) is 30.4 Å². The number of benzene rings is 1. The van der Waals surface area contributed by atoms with Gasteiger partial charge in [0.2, 0.25) is 17.0 Å². The molecule has 1 aromatic heterocycles. The van der Waals surface area contributed by atoms with E-state index in [9.17, 15) is 9.59 Å². The highest BCUT2D eigenvalue weighted by atomic mass is 32.2. The van der Waals surface area contributed by atoms with Gasteiger partial charge in [-0.3, -0.25) is 14.5 Å². The molecule has 2 N–H and O–H groups in total. The van der Waals surface area contributed by atoms with E-state index in [0.717, 1.165) is 17.7 Å². The number of amides is 2. The molecule has 1 aliphatic rings. The first-order chi connectivity index (χ1) is 12.1. The lowest BCUT2D eigenvalue weighted by Crippen LogP contribution is -2.33. The van der Waals surface area contributed by atoms with E-state index in [1.54, 1.807) is 7.11 Å². The van der Waals surface area contributed by atoms with Crippen LogP contribution in [0.15, 0.2) is 29.4 Å². The summed E-state index contributed by atoms with van der Waals surface area (Å²) in [5.74, 6) is 7.19. The number of aromatic nitrogens is 3. The Kier molecular flexibility index (Phi) is 5.22. The molecule has 1 saturated heterocycles. The summed E-state index contributed by atoms with van der Waals surface area (Å²) < 4.78 is 6.51. The second-order valence-electron chi connectivity index (χ2n) is 5.62. The number of ether oxygens (including phenoxy) is 1. The summed E-state index contributed by atoms with van der Waals surface area (Å²) in [4.78, 5) is 24.9. The number of hydrogen-bond donors (Lipinski definition) is 1. The zero-order chi connectivity index (χ0) is 17.8. The zero-order valence-electron chi connectivity index (χ0n) is 13.8. The van der Waals surface area contributed by atoms with Crippen LogP contribution in [0, 0.1) is 0 Å². The molecule has 2 aromatic rings. The molecule has 8 nitrogen and oxygen atoms in total. The Morgan fingerprint density at radius 3 is 2.72 bits per heavy atom. The van der Waals surface area contributed by atoms with Crippen LogP contribution in [0.1, 0.15) is 24.2 Å². The number of imide groups is 1. The van der Waals surface area contributed by atoms with Crippen LogP contribution in [-0.4, -0.2) is 51.0 Å². The Bertz CT molecular complexity index is 775. The third-order valence-corrected chi connectivity index (χ3v) is 4.88. The molecule has 0 radical (unpaired) electrons. The molecule has 0 saturated carbocycles. The zero-order valence-corrected chi connectivity index (χ0v) is 14.7. The fraction of sp³-hybridized carbons (Fsp3) is 0.375. The van der Waals surface area contributed by atoms with Crippen LogP contribution in [0.3, 0.4) is 0 Å². The number of carbonyl (C=O) groups excluding carboxylic acids is 2. The van der Waals surface area contributed by atoms with Gasteiger partial charge in [0, 0.05) is 19.4 Å². The van der Waals surface area contributed by atoms with Gasteiger partial charge in [0.25, 0.3) is 0 Å². The van der Waals surface area contributed by atoms with E-state index in [4.69, 9.17) is 10.6 Å². The van der Waals surface area contributed by atoms with Crippen LogP contribution in [0.5, 0.6) is 5.75 Å². The fourth-order valence-corrected chi connectivity index (χ4v) is 3.32. The maximum atomic E-state index is 12.1. The summed E-state index contributed by atoms with van der Waals surface area (Å²) in [6.07, 6.45) is 1.69. The lowest BCUT2D eigenvalue weighted by atomic mass is 10.1. The number of methoxy groups -OCH3 is 1. The minimum atomic E-state index is -0.216. The van der Waals surface area contributed by atoms with Crippen molar-refractivity contribution in [2.45, 2.75) is 24.4 Å². The monoisotopic (exact) mass is 361 g/mol. The molecule has 0 bridgehead atoms. The van der Waals surface area contributed by atoms with Gasteiger partial charge in [-0.25, -0.2) is 4.68 Å². The molecule has 0 spiro atoms. The van der Waals surface area contributed by atoms with Gasteiger partial charge in [0.15, 0.2) is 5.82 Å². The molecule has 132 valence electrons. The van der Waals surface area contributed by atoms with Crippen LogP contribution in [-0.2, 0) is 16.0 Å². The van der Waals surface area contributed by atoms with Crippen molar-refractivity contribution in [3.05, 3.63) is 35.7 Å². The minimum Gasteiger partial charge on any atom is -0.497 e. The molecule has 25 heavy (non-hydrogen) atoms. The Morgan fingerprint density at radius 2 is 2.08 bits per heavy atom. The number of thioether (sulfide) groups is 1. The van der Waals surface area contributed by atoms with E-state index in [2.05, 4.69) is 10.2 Å². The summed E-state index contributed by atoms with van der Waals surface area (Å²) >= 11 is 1.18. The first-order valence-corrected chi connectivity index (χ1v) is 8.85. The quantitative estimate of drug-likeness (QED) is 0.600. The molecular formula is C16H19N5O3S. The number of nitrogen functional groups attached to an aromatic ring is 1. The van der Waals surface area contributed by atoms with Crippen molar-refractivity contribution in [3.63, 3.8) is 0 Å². The van der Waals surface area contributed by atoms with Crippen LogP contribution in [0.4, 0.5) is 0 Å². The molecule has 0 atom stereocenters. The molecule has 9 heteroatoms. The highest BCUT2D eigenvalue weighted by Crippen LogP contribution is 2.19. The topological polar surface area (TPSA) is 103 Å². The second kappa shape index (κ2) is 7.56. The summed E-state index contributed by atoms with van der Waals surface area (Å²) in [5, 5.41) is 8.57. The first-order valence-electron chi connectivity index (χ1n) is 7.87. The van der Waals surface area contributed by atoms with Gasteiger partial charge >= 0.3 is 0 Å². The molecule has 3 rings (SSSR count). The van der Waals surface area contributed by atoms with E-state index >= 15 is 0 Å². The van der Waals surface area contributed by atoms with Crippen molar-refractivity contribution in [3.8, 4) is 5.75 Å². The van der Waals surface area contributed by atoms with E-state index in [1.807, 2.05) is 24.3 Å². The summed E-state index contributed by atoms with van der Waals surface area (Å²) in [6.45, 7) is 0.496. The highest BCUT2D eigenvalue weighted by molar-refractivity contribution is 7.99. The number of carbonyl (C=O) groups is 2. The van der Waals surface area contributed by atoms with E-state index in [-0.39, 0.29) is 17.6 Å². The van der Waals surface area contributed by atoms with Gasteiger partial charge in [-0.2, -0.15) is 0 Å². The maximum Gasteiger partial charge on any atom is 0.239 e. The average Bonchev–Trinajstić information content (AvgIpc) is 3.20. The smallest absolute Gasteiger partial charge is 0.239 e. The highest BCUT2D eigenvalue weighted by Gasteiger charge is 2.26. The lowest BCUT2D eigenvalue weighted by Gasteiger charge is -2.12. The summed E-state index contributed by atoms with van der Waals surface area (Å²) in [6, 6.07) is 7.60. The van der Waals surface area contributed by atoms with Crippen molar-refractivity contribution in [2.75, 3.05) is 25.3 Å². The number of nitrogens with two attached hydrogens (primary N) is 1. The third kappa shape index (κ3) is 3.93. The Hall–Kier alpha value is -2.55. The third-order valence-electron chi connectivity index (χ3n) is 3.96. The number of rotatable bonds is 6. The van der Waals surface area contributed by atoms with E-state index in [1.165, 1.54) is 21.3 Å². The van der Waals surface area contributed by atoms with Crippen LogP contribution in [0.2, 0.25) is 0 Å². The standard InChI is InChI=1S/C16H19N5O3S/c1-24-12-6-4-11(5-7-12)9-13-18-19-16(21(13)17)25-10-15(23)20-8-2-3-14(20)22/h4-7H,2-3,8-10,17H2,1H3. The maximum absolute atomic E-state index is 12.1. The summed E-state index contributed by atoms with van der Waals surface area (Å²) in [7, 11) is 1.62. The van der Waals surface area contributed by atoms with Crippen molar-refractivity contribution < 1.29 is 14.3 Å². The number of nitrogens with zero attached hydrogens (tertiary/aromatic N) is 4. The van der Waals surface area contributed by atoms with Crippen LogP contribution in [0.25, 0.3) is 0 Å². The van der Waals surface area contributed by atoms with Crippen molar-refractivity contribution >= 4 is 23.6 Å². The molecule has 0 unspecified atom stereocenters. The van der Waals surface area contributed by atoms with Crippen molar-refractivity contribution in [1.82, 2.24) is 19.8 Å². The van der Waals surface area contributed by atoms with Gasteiger partial charge < -0.3 is 10.6 Å². The Morgan fingerprint density at radius 1 is 1.32 bits per heavy atom. The molecule has 2 heterocycles. The van der Waals surface area contributed by atoms with Gasteiger partial charge in [-0.1, -0.05) is 23.9 Å². The van der Waals surface area contributed by atoms with Crippen molar-refractivity contribution in [2.24, 2.45) is 0 Å². The molecular weight excluding hydrogens is 342 g/mol. The number of hydrogen-bond acceptors (Lipinski definition) is 7. The molecule has 1 aliphatic heterocycles. The lowest BCUT2D eigenvalue weighted by molar-refractivity contribution is -0.140. The molecule has 0 aliphatic carbocycles. The normalized spacial score (nSPS) is 14.1. The SMILES string of the molecule is COc1ccc(Cc2nnc(SCC(=O)N3CCCC3=O)n2N)cc1. The predicted octanol–water partition coefficient (Wildman–Crippen LogP) is 0.832. The van der Waals surface area contributed by atoms with Gasteiger partial charge in [-0.15, -0.1) is 10.2 Å². The number of likely N-dealkylation sites (tertiary alicyclic amines) is 1. The average molecular weight is 361 g/mol. The Balaban J connectivity index is 1.60. The first kappa shape index (κ1) is 17.3. The van der Waals surface area contributed by atoms with E-state index < -0.39 is 0 Å². The van der Waals surface area contributed by atoms with Gasteiger partial charge in [0.05, 0.1) is 12.9 Å². The predicted molar refractivity (Wildman–Crippen MR) is 92.7 cm³/mol. The Labute approximate surface area is 149 Å². The van der Waals surface area contributed by atoms with Crippen LogP contribution >= 0.6 is 11.8 Å². The van der Waals surface area contributed by atoms with Gasteiger partial charge in [-0.05, 0) is 24.1 Å². The summed E-state index contributed by atoms with van der Waals surface area (Å²) in [5.41, 5.74) is 1.02. The second-order valence-corrected chi connectivity index (χ2v) is 6.57. The van der Waals surface area contributed by atoms with Crippen molar-refractivity contribution in [1.29, 1.82) is 0 Å². The van der Waals surface area contributed by atoms with Crippen LogP contribution < -0.4 is 10.6 Å². The molecule has 2 amide bonds.